The highest BCUT2D eigenvalue weighted by molar-refractivity contribution is 6.43. The molecule has 0 atom stereocenters. The lowest BCUT2D eigenvalue weighted by molar-refractivity contribution is 0.628. The zero-order valence-electron chi connectivity index (χ0n) is 10.4. The lowest BCUT2D eigenvalue weighted by Crippen LogP contribution is -2.04. The molecule has 0 spiro atoms. The summed E-state index contributed by atoms with van der Waals surface area (Å²) in [7, 11) is 0. The zero-order chi connectivity index (χ0) is 14.3. The Labute approximate surface area is 124 Å². The number of nitrogens with zero attached hydrogens (tertiary/aromatic N) is 4. The van der Waals surface area contributed by atoms with Gasteiger partial charge in [0.25, 0.3) is 0 Å². The van der Waals surface area contributed by atoms with Crippen LogP contribution in [0, 0.1) is 12.7 Å². The molecule has 0 amide bonds. The van der Waals surface area contributed by atoms with Gasteiger partial charge >= 0.3 is 0 Å². The van der Waals surface area contributed by atoms with E-state index in [9.17, 15) is 4.39 Å². The number of rotatable bonds is 2. The van der Waals surface area contributed by atoms with Gasteiger partial charge in [-0.15, -0.1) is 0 Å². The van der Waals surface area contributed by atoms with Crippen LogP contribution in [-0.2, 0) is 0 Å². The minimum atomic E-state index is -0.789. The number of hydrogen-bond donors (Lipinski definition) is 0. The van der Waals surface area contributed by atoms with Crippen LogP contribution in [0.1, 0.15) is 16.5 Å². The Hall–Kier alpha value is -1.72. The van der Waals surface area contributed by atoms with Gasteiger partial charge in [-0.05, 0) is 31.2 Å². The van der Waals surface area contributed by atoms with E-state index in [1.165, 1.54) is 12.1 Å². The van der Waals surface area contributed by atoms with Gasteiger partial charge in [-0.3, -0.25) is 0 Å². The number of alkyl halides is 2. The first-order chi connectivity index (χ1) is 9.54. The first kappa shape index (κ1) is 13.3. The molecule has 0 aliphatic heterocycles. The van der Waals surface area contributed by atoms with Crippen molar-refractivity contribution < 1.29 is 4.39 Å². The molecule has 0 N–H and O–H groups in total. The second-order valence-corrected chi connectivity index (χ2v) is 5.33. The van der Waals surface area contributed by atoms with Crippen molar-refractivity contribution in [1.82, 2.24) is 19.6 Å². The van der Waals surface area contributed by atoms with Gasteiger partial charge in [-0.25, -0.2) is 18.9 Å². The standard InChI is InChI=1S/C13H9Cl2FN4/c1-7-17-13(12(14)15)18-11-6-10(19-20(7)11)8-2-4-9(16)5-3-8/h2-6,12H,1H3. The van der Waals surface area contributed by atoms with E-state index in [1.54, 1.807) is 29.6 Å². The maximum atomic E-state index is 12.9. The van der Waals surface area contributed by atoms with Crippen LogP contribution in [0.2, 0.25) is 0 Å². The second-order valence-electron chi connectivity index (χ2n) is 4.24. The number of halogens is 3. The van der Waals surface area contributed by atoms with Gasteiger partial charge in [0.05, 0.1) is 5.69 Å². The maximum absolute atomic E-state index is 12.9. The summed E-state index contributed by atoms with van der Waals surface area (Å²) in [4.78, 5) is 7.65. The molecular weight excluding hydrogens is 302 g/mol. The topological polar surface area (TPSA) is 43.1 Å². The van der Waals surface area contributed by atoms with Crippen LogP contribution in [0.15, 0.2) is 30.3 Å². The molecule has 0 saturated heterocycles. The highest BCUT2D eigenvalue weighted by Gasteiger charge is 2.13. The van der Waals surface area contributed by atoms with Gasteiger partial charge in [0.1, 0.15) is 11.6 Å². The molecular formula is C13H9Cl2FN4. The van der Waals surface area contributed by atoms with E-state index in [4.69, 9.17) is 23.2 Å². The summed E-state index contributed by atoms with van der Waals surface area (Å²) in [5, 5.41) is 4.40. The van der Waals surface area contributed by atoms with Crippen molar-refractivity contribution >= 4 is 28.8 Å². The van der Waals surface area contributed by atoms with Crippen molar-refractivity contribution in [1.29, 1.82) is 0 Å². The summed E-state index contributed by atoms with van der Waals surface area (Å²) in [6.45, 7) is 1.79. The molecule has 1 aromatic carbocycles. The molecule has 2 aromatic heterocycles. The first-order valence-corrected chi connectivity index (χ1v) is 6.70. The number of hydrogen-bond acceptors (Lipinski definition) is 3. The highest BCUT2D eigenvalue weighted by Crippen LogP contribution is 2.24. The Balaban J connectivity index is 2.15. The molecule has 0 radical (unpaired) electrons. The molecule has 0 bridgehead atoms. The molecule has 102 valence electrons. The van der Waals surface area contributed by atoms with Crippen molar-refractivity contribution in [3.8, 4) is 11.3 Å². The van der Waals surface area contributed by atoms with Gasteiger partial charge in [0, 0.05) is 11.6 Å². The normalized spacial score (nSPS) is 11.4. The Bertz CT molecular complexity index is 768. The van der Waals surface area contributed by atoms with E-state index in [0.29, 0.717) is 23.0 Å². The number of aromatic nitrogens is 4. The van der Waals surface area contributed by atoms with Crippen LogP contribution in [0.5, 0.6) is 0 Å². The van der Waals surface area contributed by atoms with Crippen LogP contribution in [0.25, 0.3) is 16.9 Å². The average molecular weight is 311 g/mol. The molecule has 20 heavy (non-hydrogen) atoms. The largest absolute Gasteiger partial charge is 0.215 e. The second kappa shape index (κ2) is 5.00. The Kier molecular flexibility index (Phi) is 3.31. The highest BCUT2D eigenvalue weighted by atomic mass is 35.5. The van der Waals surface area contributed by atoms with E-state index in [2.05, 4.69) is 15.1 Å². The molecule has 0 saturated carbocycles. The van der Waals surface area contributed by atoms with Crippen LogP contribution >= 0.6 is 23.2 Å². The third-order valence-corrected chi connectivity index (χ3v) is 3.23. The first-order valence-electron chi connectivity index (χ1n) is 5.83. The lowest BCUT2D eigenvalue weighted by Gasteiger charge is -2.02. The third kappa shape index (κ3) is 2.34. The summed E-state index contributed by atoms with van der Waals surface area (Å²) in [6.07, 6.45) is 0. The molecule has 4 nitrogen and oxygen atoms in total. The fourth-order valence-electron chi connectivity index (χ4n) is 1.90. The van der Waals surface area contributed by atoms with E-state index in [-0.39, 0.29) is 5.82 Å². The van der Waals surface area contributed by atoms with E-state index in [1.807, 2.05) is 0 Å². The van der Waals surface area contributed by atoms with E-state index in [0.717, 1.165) is 5.56 Å². The summed E-state index contributed by atoms with van der Waals surface area (Å²) >= 11 is 11.6. The van der Waals surface area contributed by atoms with E-state index >= 15 is 0 Å². The van der Waals surface area contributed by atoms with Gasteiger partial charge in [-0.2, -0.15) is 5.10 Å². The molecule has 7 heteroatoms. The average Bonchev–Trinajstić information content (AvgIpc) is 2.84. The fourth-order valence-corrected chi connectivity index (χ4v) is 2.10. The molecule has 2 heterocycles. The van der Waals surface area contributed by atoms with Crippen LogP contribution in [0.3, 0.4) is 0 Å². The summed E-state index contributed by atoms with van der Waals surface area (Å²) < 4.78 is 14.5. The predicted molar refractivity (Wildman–Crippen MR) is 75.4 cm³/mol. The van der Waals surface area contributed by atoms with Gasteiger partial charge in [0.15, 0.2) is 16.3 Å². The molecule has 3 rings (SSSR count). The Morgan fingerprint density at radius 2 is 1.85 bits per heavy atom. The van der Waals surface area contributed by atoms with E-state index < -0.39 is 4.84 Å². The quantitative estimate of drug-likeness (QED) is 0.678. The van der Waals surface area contributed by atoms with Crippen molar-refractivity contribution in [2.45, 2.75) is 11.8 Å². The Morgan fingerprint density at radius 3 is 2.50 bits per heavy atom. The maximum Gasteiger partial charge on any atom is 0.167 e. The van der Waals surface area contributed by atoms with Crippen molar-refractivity contribution in [2.75, 3.05) is 0 Å². The monoisotopic (exact) mass is 310 g/mol. The van der Waals surface area contributed by atoms with Crippen molar-refractivity contribution in [3.05, 3.63) is 47.8 Å². The molecule has 0 aliphatic carbocycles. The van der Waals surface area contributed by atoms with Gasteiger partial charge in [0.2, 0.25) is 0 Å². The number of fused-ring (bicyclic) bond motifs is 1. The van der Waals surface area contributed by atoms with Gasteiger partial charge in [-0.1, -0.05) is 23.2 Å². The van der Waals surface area contributed by atoms with Crippen LogP contribution in [-0.4, -0.2) is 19.6 Å². The third-order valence-electron chi connectivity index (χ3n) is 2.84. The predicted octanol–water partition coefficient (Wildman–Crippen LogP) is 3.72. The fraction of sp³-hybridized carbons (Fsp3) is 0.154. The van der Waals surface area contributed by atoms with Crippen molar-refractivity contribution in [3.63, 3.8) is 0 Å². The Morgan fingerprint density at radius 1 is 1.15 bits per heavy atom. The molecule has 0 unspecified atom stereocenters. The zero-order valence-corrected chi connectivity index (χ0v) is 11.9. The molecule has 0 fully saturated rings. The smallest absolute Gasteiger partial charge is 0.167 e. The number of benzene rings is 1. The minimum absolute atomic E-state index is 0.289. The molecule has 0 aliphatic rings. The number of aryl methyl sites for hydroxylation is 1. The lowest BCUT2D eigenvalue weighted by atomic mass is 10.1. The molecule has 3 aromatic rings. The summed E-state index contributed by atoms with van der Waals surface area (Å²) in [5.41, 5.74) is 2.07. The summed E-state index contributed by atoms with van der Waals surface area (Å²) in [6, 6.07) is 7.87. The SMILES string of the molecule is Cc1nc(C(Cl)Cl)nc2cc(-c3ccc(F)cc3)nn12. The van der Waals surface area contributed by atoms with Gasteiger partial charge < -0.3 is 0 Å². The minimum Gasteiger partial charge on any atom is -0.215 e. The van der Waals surface area contributed by atoms with Crippen molar-refractivity contribution in [2.24, 2.45) is 0 Å². The van der Waals surface area contributed by atoms with Crippen LogP contribution in [0.4, 0.5) is 4.39 Å². The summed E-state index contributed by atoms with van der Waals surface area (Å²) in [5.74, 6) is 0.677. The van der Waals surface area contributed by atoms with Crippen LogP contribution < -0.4 is 0 Å².